The fraction of sp³-hybridized carbons (Fsp3) is 0.462. The fourth-order valence-electron chi connectivity index (χ4n) is 4.05. The van der Waals surface area contributed by atoms with Crippen LogP contribution in [0.4, 0.5) is 10.7 Å². The highest BCUT2D eigenvalue weighted by Gasteiger charge is 2.19. The second-order valence-corrected chi connectivity index (χ2v) is 11.7. The third-order valence-corrected chi connectivity index (χ3v) is 7.37. The van der Waals surface area contributed by atoms with Gasteiger partial charge in [0.15, 0.2) is 0 Å². The van der Waals surface area contributed by atoms with Crippen molar-refractivity contribution in [2.24, 2.45) is 0 Å². The molecule has 0 spiro atoms. The number of thiophene rings is 1. The van der Waals surface area contributed by atoms with Gasteiger partial charge in [-0.05, 0) is 59.0 Å². The molecule has 3 heterocycles. The van der Waals surface area contributed by atoms with E-state index in [0.717, 1.165) is 60.7 Å². The topological polar surface area (TPSA) is 112 Å². The first-order valence-electron chi connectivity index (χ1n) is 12.6. The lowest BCUT2D eigenvalue weighted by Gasteiger charge is -2.32. The van der Waals surface area contributed by atoms with Gasteiger partial charge in [0.25, 0.3) is 5.91 Å². The Balaban J connectivity index is 1.41. The molecule has 0 aliphatic carbocycles. The maximum absolute atomic E-state index is 12.8. The highest BCUT2D eigenvalue weighted by Crippen LogP contribution is 2.37. The zero-order chi connectivity index (χ0) is 27.3. The Morgan fingerprint density at radius 3 is 2.66 bits per heavy atom. The SMILES string of the molecule is CN1CCN(CCCNc2ncc(Cl)c(-c3cc4c(C(=O)NNC(=O)OC(C)(C)C)cccc4s3)n2)CC1. The van der Waals surface area contributed by atoms with Crippen LogP contribution in [0.5, 0.6) is 0 Å². The van der Waals surface area contributed by atoms with E-state index < -0.39 is 17.6 Å². The summed E-state index contributed by atoms with van der Waals surface area (Å²) in [7, 11) is 2.16. The molecule has 12 heteroatoms. The predicted octanol–water partition coefficient (Wildman–Crippen LogP) is 4.23. The molecule has 4 rings (SSSR count). The van der Waals surface area contributed by atoms with Gasteiger partial charge in [-0.15, -0.1) is 11.3 Å². The highest BCUT2D eigenvalue weighted by atomic mass is 35.5. The summed E-state index contributed by atoms with van der Waals surface area (Å²) >= 11 is 7.95. The maximum Gasteiger partial charge on any atom is 0.426 e. The Labute approximate surface area is 231 Å². The third-order valence-electron chi connectivity index (χ3n) is 5.99. The molecular weight excluding hydrogens is 526 g/mol. The van der Waals surface area contributed by atoms with Crippen molar-refractivity contribution in [3.05, 3.63) is 41.0 Å². The van der Waals surface area contributed by atoms with Gasteiger partial charge in [-0.2, -0.15) is 0 Å². The summed E-state index contributed by atoms with van der Waals surface area (Å²) in [6.07, 6.45) is 1.85. The highest BCUT2D eigenvalue weighted by molar-refractivity contribution is 7.22. The molecule has 1 aromatic carbocycles. The zero-order valence-electron chi connectivity index (χ0n) is 22.1. The number of amides is 2. The van der Waals surface area contributed by atoms with E-state index in [9.17, 15) is 9.59 Å². The molecule has 1 aliphatic heterocycles. The number of anilines is 1. The number of carbonyl (C=O) groups is 2. The van der Waals surface area contributed by atoms with E-state index in [2.05, 4.69) is 43.0 Å². The summed E-state index contributed by atoms with van der Waals surface area (Å²) in [5, 5.41) is 4.46. The van der Waals surface area contributed by atoms with Gasteiger partial charge < -0.3 is 19.9 Å². The van der Waals surface area contributed by atoms with Crippen molar-refractivity contribution in [1.29, 1.82) is 0 Å². The Bertz CT molecular complexity index is 1290. The average molecular weight is 560 g/mol. The van der Waals surface area contributed by atoms with Gasteiger partial charge in [0.1, 0.15) is 11.3 Å². The van der Waals surface area contributed by atoms with Crippen LogP contribution in [-0.4, -0.2) is 83.7 Å². The number of halogens is 1. The smallest absolute Gasteiger partial charge is 0.426 e. The van der Waals surface area contributed by atoms with Crippen molar-refractivity contribution in [1.82, 2.24) is 30.6 Å². The van der Waals surface area contributed by atoms with Gasteiger partial charge in [0, 0.05) is 48.4 Å². The van der Waals surface area contributed by atoms with Crippen LogP contribution in [0.3, 0.4) is 0 Å². The number of hydrazine groups is 1. The number of piperazine rings is 1. The number of carbonyl (C=O) groups excluding carboxylic acids is 2. The number of rotatable bonds is 7. The first-order valence-corrected chi connectivity index (χ1v) is 13.8. The normalized spacial score (nSPS) is 14.9. The summed E-state index contributed by atoms with van der Waals surface area (Å²) < 4.78 is 6.06. The molecule has 1 saturated heterocycles. The molecule has 0 unspecified atom stereocenters. The van der Waals surface area contributed by atoms with Gasteiger partial charge in [0.05, 0.1) is 16.1 Å². The standard InChI is InChI=1S/C26H34ClN7O3S/c1-26(2,3)37-25(36)32-31-23(35)17-7-5-8-20-18(17)15-21(38-20)22-19(27)16-29-24(30-22)28-9-6-10-34-13-11-33(4)12-14-34/h5,7-8,15-16H,6,9-14H2,1-4H3,(H,31,35)(H,32,36)(H,28,29,30). The predicted molar refractivity (Wildman–Crippen MR) is 152 cm³/mol. The second-order valence-electron chi connectivity index (χ2n) is 10.2. The first-order chi connectivity index (χ1) is 18.1. The Morgan fingerprint density at radius 1 is 1.16 bits per heavy atom. The van der Waals surface area contributed by atoms with Crippen molar-refractivity contribution < 1.29 is 14.3 Å². The van der Waals surface area contributed by atoms with Gasteiger partial charge in [-0.25, -0.2) is 20.2 Å². The maximum atomic E-state index is 12.8. The van der Waals surface area contributed by atoms with Gasteiger partial charge in [-0.1, -0.05) is 17.7 Å². The van der Waals surface area contributed by atoms with E-state index in [0.29, 0.717) is 22.2 Å². The minimum absolute atomic E-state index is 0.411. The lowest BCUT2D eigenvalue weighted by atomic mass is 10.1. The molecule has 2 aromatic heterocycles. The number of fused-ring (bicyclic) bond motifs is 1. The fourth-order valence-corrected chi connectivity index (χ4v) is 5.39. The lowest BCUT2D eigenvalue weighted by molar-refractivity contribution is 0.0483. The summed E-state index contributed by atoms with van der Waals surface area (Å²) in [6.45, 7) is 11.4. The molecular formula is C26H34ClN7O3S. The number of hydrogen-bond donors (Lipinski definition) is 3. The van der Waals surface area contributed by atoms with Crippen LogP contribution in [0, 0.1) is 0 Å². The van der Waals surface area contributed by atoms with Crippen LogP contribution in [0.1, 0.15) is 37.6 Å². The minimum Gasteiger partial charge on any atom is -0.443 e. The molecule has 0 radical (unpaired) electrons. The Kier molecular flexibility index (Phi) is 9.03. The van der Waals surface area contributed by atoms with Gasteiger partial charge in [-0.3, -0.25) is 10.2 Å². The number of hydrogen-bond acceptors (Lipinski definition) is 9. The van der Waals surface area contributed by atoms with Crippen LogP contribution in [0.15, 0.2) is 30.5 Å². The number of nitrogens with zero attached hydrogens (tertiary/aromatic N) is 4. The molecule has 10 nitrogen and oxygen atoms in total. The molecule has 38 heavy (non-hydrogen) atoms. The number of likely N-dealkylation sites (N-methyl/N-ethyl adjacent to an activating group) is 1. The molecule has 0 atom stereocenters. The van der Waals surface area contributed by atoms with E-state index in [4.69, 9.17) is 16.3 Å². The first kappa shape index (κ1) is 28.0. The molecule has 1 fully saturated rings. The number of benzene rings is 1. The van der Waals surface area contributed by atoms with Gasteiger partial charge in [0.2, 0.25) is 5.95 Å². The summed E-state index contributed by atoms with van der Waals surface area (Å²) in [5.41, 5.74) is 5.04. The summed E-state index contributed by atoms with van der Waals surface area (Å²) in [6, 6.07) is 7.29. The van der Waals surface area contributed by atoms with Crippen LogP contribution < -0.4 is 16.2 Å². The summed E-state index contributed by atoms with van der Waals surface area (Å²) in [4.78, 5) is 39.4. The monoisotopic (exact) mass is 559 g/mol. The van der Waals surface area contributed by atoms with E-state index in [1.807, 2.05) is 12.1 Å². The van der Waals surface area contributed by atoms with E-state index in [1.165, 1.54) is 11.3 Å². The number of nitrogens with one attached hydrogen (secondary N) is 3. The molecule has 0 saturated carbocycles. The Hall–Kier alpha value is -2.99. The minimum atomic E-state index is -0.736. The van der Waals surface area contributed by atoms with Crippen LogP contribution in [0.25, 0.3) is 20.7 Å². The third kappa shape index (κ3) is 7.53. The van der Waals surface area contributed by atoms with Crippen molar-refractivity contribution in [3.8, 4) is 10.6 Å². The van der Waals surface area contributed by atoms with E-state index in [1.54, 1.807) is 39.1 Å². The quantitative estimate of drug-likeness (QED) is 0.291. The van der Waals surface area contributed by atoms with Crippen LogP contribution in [0.2, 0.25) is 5.02 Å². The average Bonchev–Trinajstić information content (AvgIpc) is 3.30. The summed E-state index contributed by atoms with van der Waals surface area (Å²) in [5.74, 6) is 0.0575. The number of aromatic nitrogens is 2. The molecule has 3 N–H and O–H groups in total. The largest absolute Gasteiger partial charge is 0.443 e. The zero-order valence-corrected chi connectivity index (χ0v) is 23.7. The van der Waals surface area contributed by atoms with Crippen molar-refractivity contribution in [3.63, 3.8) is 0 Å². The van der Waals surface area contributed by atoms with E-state index >= 15 is 0 Å². The molecule has 204 valence electrons. The van der Waals surface area contributed by atoms with Gasteiger partial charge >= 0.3 is 6.09 Å². The molecule has 0 bridgehead atoms. The van der Waals surface area contributed by atoms with Crippen LogP contribution in [-0.2, 0) is 4.74 Å². The molecule has 1 aliphatic rings. The number of ether oxygens (including phenoxy) is 1. The van der Waals surface area contributed by atoms with Crippen molar-refractivity contribution >= 4 is 51.0 Å². The molecule has 2 amide bonds. The van der Waals surface area contributed by atoms with Crippen molar-refractivity contribution in [2.45, 2.75) is 32.8 Å². The van der Waals surface area contributed by atoms with E-state index in [-0.39, 0.29) is 0 Å². The second kappa shape index (κ2) is 12.2. The lowest BCUT2D eigenvalue weighted by Crippen LogP contribution is -2.44. The van der Waals surface area contributed by atoms with Crippen molar-refractivity contribution in [2.75, 3.05) is 51.6 Å². The van der Waals surface area contributed by atoms with Crippen LogP contribution >= 0.6 is 22.9 Å². The molecule has 3 aromatic rings. The Morgan fingerprint density at radius 2 is 1.92 bits per heavy atom.